The Morgan fingerprint density at radius 2 is 1.23 bits per heavy atom. The Morgan fingerprint density at radius 3 is 1.68 bits per heavy atom. The summed E-state index contributed by atoms with van der Waals surface area (Å²) in [5, 5.41) is 3.49. The molecule has 0 spiro atoms. The van der Waals surface area contributed by atoms with Crippen molar-refractivity contribution in [2.75, 3.05) is 52.4 Å². The largest absolute Gasteiger partial charge is 0.444 e. The number of imidazole rings is 2. The number of rotatable bonds is 4. The fraction of sp³-hybridized carbons (Fsp3) is 0.634. The zero-order valence-electron chi connectivity index (χ0n) is 32.9. The van der Waals surface area contributed by atoms with Crippen molar-refractivity contribution in [3.63, 3.8) is 0 Å². The van der Waals surface area contributed by atoms with E-state index < -0.39 is 5.60 Å². The number of hydrogen-bond acceptors (Lipinski definition) is 7. The monoisotopic (exact) mass is 728 g/mol. The summed E-state index contributed by atoms with van der Waals surface area (Å²) >= 11 is 0. The van der Waals surface area contributed by atoms with E-state index in [0.717, 1.165) is 106 Å². The number of nitrogens with zero attached hydrogens (tertiary/aromatic N) is 5. The number of carbonyl (C=O) groups excluding carboxylic acids is 1. The molecule has 12 heteroatoms. The van der Waals surface area contributed by atoms with Crippen LogP contribution in [0.2, 0.25) is 0 Å². The van der Waals surface area contributed by atoms with Crippen molar-refractivity contribution in [3.8, 4) is 0 Å². The Kier molecular flexibility index (Phi) is 10.2. The molecular weight excluding hydrogens is 669 g/mol. The van der Waals surface area contributed by atoms with E-state index in [-0.39, 0.29) is 29.1 Å². The summed E-state index contributed by atoms with van der Waals surface area (Å²) in [6.07, 6.45) is 5.92. The zero-order valence-corrected chi connectivity index (χ0v) is 32.9. The number of fused-ring (bicyclic) bond motifs is 2. The number of H-pyrrole nitrogens is 2. The molecule has 2 aromatic carbocycles. The number of likely N-dealkylation sites (tertiary alicyclic amines) is 3. The lowest BCUT2D eigenvalue weighted by Gasteiger charge is -2.43. The fourth-order valence-corrected chi connectivity index (χ4v) is 9.28. The molecule has 12 nitrogen and oxygen atoms in total. The lowest BCUT2D eigenvalue weighted by molar-refractivity contribution is 0.0221. The minimum atomic E-state index is -0.473. The maximum Gasteiger partial charge on any atom is 0.410 e. The van der Waals surface area contributed by atoms with Crippen molar-refractivity contribution in [3.05, 3.63) is 68.5 Å². The highest BCUT2D eigenvalue weighted by Gasteiger charge is 2.43. The van der Waals surface area contributed by atoms with Crippen LogP contribution in [0.5, 0.6) is 0 Å². The lowest BCUT2D eigenvalue weighted by atomic mass is 9.93. The topological polar surface area (TPSA) is 124 Å². The van der Waals surface area contributed by atoms with Crippen LogP contribution in [0.15, 0.2) is 46.0 Å². The van der Waals surface area contributed by atoms with Gasteiger partial charge in [-0.1, -0.05) is 12.1 Å². The summed E-state index contributed by atoms with van der Waals surface area (Å²) in [7, 11) is 0. The van der Waals surface area contributed by atoms with E-state index in [9.17, 15) is 14.4 Å². The van der Waals surface area contributed by atoms with Gasteiger partial charge in [-0.05, 0) is 129 Å². The predicted octanol–water partition coefficient (Wildman–Crippen LogP) is 5.70. The molecule has 6 heterocycles. The minimum Gasteiger partial charge on any atom is -0.444 e. The summed E-state index contributed by atoms with van der Waals surface area (Å²) in [5.41, 5.74) is 6.09. The molecule has 0 bridgehead atoms. The first kappa shape index (κ1) is 37.4. The molecule has 1 amide bonds. The van der Waals surface area contributed by atoms with Crippen LogP contribution in [-0.4, -0.2) is 109 Å². The molecule has 4 aliphatic heterocycles. The van der Waals surface area contributed by atoms with E-state index in [1.807, 2.05) is 53.0 Å². The van der Waals surface area contributed by atoms with Gasteiger partial charge in [-0.3, -0.25) is 18.9 Å². The zero-order chi connectivity index (χ0) is 37.7. The second-order valence-electron chi connectivity index (χ2n) is 17.7. The third-order valence-corrected chi connectivity index (χ3v) is 12.4. The number of nitrogens with one attached hydrogen (secondary N) is 3. The van der Waals surface area contributed by atoms with Crippen molar-refractivity contribution in [1.29, 1.82) is 0 Å². The summed E-state index contributed by atoms with van der Waals surface area (Å²) < 4.78 is 9.50. The standard InChI is InChI=1S/C23H34N4O3.C18H26N4O/c1-16-6-7-18-19(14-16)27(20(28)24-18)17-8-11-26(12-9-17)23(5)10-13-25(15-23)21(29)30-22(2,3)4;1-13-3-4-15-16(11-13)22(17(23)20-15)14-5-9-21(10-6-14)18(2)7-8-19-12-18/h6-7,14,17H,8-13,15H2,1-5H3,(H,24,28);3-4,11,14,19H,5-10,12H2,1-2H3,(H,20,23). The van der Waals surface area contributed by atoms with Crippen molar-refractivity contribution in [2.24, 2.45) is 0 Å². The number of aryl methyl sites for hydroxylation is 2. The first-order chi connectivity index (χ1) is 25.1. The smallest absolute Gasteiger partial charge is 0.410 e. The first-order valence-electron chi connectivity index (χ1n) is 19.7. The third-order valence-electron chi connectivity index (χ3n) is 12.4. The van der Waals surface area contributed by atoms with Crippen LogP contribution in [0.1, 0.15) is 96.4 Å². The SMILES string of the molecule is Cc1ccc2[nH]c(=O)n(C3CCN(C4(C)CCN(C(=O)OC(C)(C)C)C4)CC3)c2c1.Cc1ccc2[nH]c(=O)n(C3CCN(C4(C)CCNC4)CC3)c2c1. The maximum absolute atomic E-state index is 12.6. The molecule has 2 aromatic heterocycles. The highest BCUT2D eigenvalue weighted by Crippen LogP contribution is 2.35. The van der Waals surface area contributed by atoms with Gasteiger partial charge in [0.25, 0.3) is 0 Å². The minimum absolute atomic E-state index is 0.0165. The number of carbonyl (C=O) groups is 1. The molecule has 2 atom stereocenters. The van der Waals surface area contributed by atoms with E-state index >= 15 is 0 Å². The summed E-state index contributed by atoms with van der Waals surface area (Å²) in [6.45, 7) is 22.1. The van der Waals surface area contributed by atoms with Gasteiger partial charge < -0.3 is 24.9 Å². The molecule has 0 aliphatic carbocycles. The van der Waals surface area contributed by atoms with Gasteiger partial charge in [0.15, 0.2) is 0 Å². The van der Waals surface area contributed by atoms with Gasteiger partial charge in [-0.15, -0.1) is 0 Å². The molecule has 4 aliphatic rings. The maximum atomic E-state index is 12.6. The van der Waals surface area contributed by atoms with Crippen LogP contribution in [0.3, 0.4) is 0 Å². The fourth-order valence-electron chi connectivity index (χ4n) is 9.28. The van der Waals surface area contributed by atoms with E-state index in [0.29, 0.717) is 18.1 Å². The van der Waals surface area contributed by atoms with Gasteiger partial charge in [0.05, 0.1) is 22.1 Å². The number of benzene rings is 2. The van der Waals surface area contributed by atoms with Crippen molar-refractivity contribution in [2.45, 2.75) is 116 Å². The molecular formula is C41H60N8O4. The molecule has 0 radical (unpaired) electrons. The lowest BCUT2D eigenvalue weighted by Crippen LogP contribution is -2.52. The van der Waals surface area contributed by atoms with Gasteiger partial charge >= 0.3 is 17.5 Å². The molecule has 3 N–H and O–H groups in total. The van der Waals surface area contributed by atoms with E-state index in [1.165, 1.54) is 12.0 Å². The molecule has 8 rings (SSSR count). The van der Waals surface area contributed by atoms with E-state index in [1.54, 1.807) is 0 Å². The predicted molar refractivity (Wildman–Crippen MR) is 211 cm³/mol. The number of hydrogen-bond donors (Lipinski definition) is 3. The van der Waals surface area contributed by atoms with Gasteiger partial charge in [0.1, 0.15) is 5.60 Å². The van der Waals surface area contributed by atoms with Crippen LogP contribution in [0.4, 0.5) is 4.79 Å². The van der Waals surface area contributed by atoms with Gasteiger partial charge in [0.2, 0.25) is 0 Å². The van der Waals surface area contributed by atoms with Crippen LogP contribution in [-0.2, 0) is 4.74 Å². The van der Waals surface area contributed by atoms with Gasteiger partial charge in [-0.2, -0.15) is 0 Å². The molecule has 4 aromatic rings. The quantitative estimate of drug-likeness (QED) is 0.247. The van der Waals surface area contributed by atoms with Crippen molar-refractivity contribution in [1.82, 2.24) is 39.1 Å². The van der Waals surface area contributed by atoms with Crippen molar-refractivity contribution >= 4 is 28.2 Å². The van der Waals surface area contributed by atoms with Crippen LogP contribution < -0.4 is 16.7 Å². The van der Waals surface area contributed by atoms with Crippen LogP contribution in [0, 0.1) is 13.8 Å². The average Bonchev–Trinajstić information content (AvgIpc) is 3.89. The average molecular weight is 729 g/mol. The molecule has 4 saturated heterocycles. The highest BCUT2D eigenvalue weighted by atomic mass is 16.6. The normalized spacial score (nSPS) is 25.3. The molecule has 288 valence electrons. The number of amides is 1. The summed E-state index contributed by atoms with van der Waals surface area (Å²) in [6, 6.07) is 12.8. The highest BCUT2D eigenvalue weighted by molar-refractivity contribution is 5.77. The molecule has 4 fully saturated rings. The van der Waals surface area contributed by atoms with Crippen LogP contribution >= 0.6 is 0 Å². The molecule has 2 unspecified atom stereocenters. The van der Waals surface area contributed by atoms with E-state index in [4.69, 9.17) is 4.74 Å². The second-order valence-corrected chi connectivity index (χ2v) is 17.7. The van der Waals surface area contributed by atoms with Crippen molar-refractivity contribution < 1.29 is 9.53 Å². The number of aromatic nitrogens is 4. The Labute approximate surface area is 312 Å². The van der Waals surface area contributed by atoms with Gasteiger partial charge in [0, 0.05) is 69.0 Å². The summed E-state index contributed by atoms with van der Waals surface area (Å²) in [5.74, 6) is 0. The third kappa shape index (κ3) is 7.73. The van der Waals surface area contributed by atoms with Crippen LogP contribution in [0.25, 0.3) is 22.1 Å². The Morgan fingerprint density at radius 1 is 0.736 bits per heavy atom. The van der Waals surface area contributed by atoms with E-state index in [2.05, 4.69) is 71.0 Å². The summed E-state index contributed by atoms with van der Waals surface area (Å²) in [4.78, 5) is 50.5. The second kappa shape index (κ2) is 14.4. The number of ether oxygens (including phenoxy) is 1. The Balaban J connectivity index is 0.000000170. The molecule has 0 saturated carbocycles. The Bertz CT molecular complexity index is 2050. The Hall–Kier alpha value is -3.87. The first-order valence-corrected chi connectivity index (χ1v) is 19.7. The number of aromatic amines is 2. The number of piperidine rings is 2. The molecule has 53 heavy (non-hydrogen) atoms. The van der Waals surface area contributed by atoms with Gasteiger partial charge in [-0.25, -0.2) is 14.4 Å².